The van der Waals surface area contributed by atoms with Crippen LogP contribution in [0.2, 0.25) is 0 Å². The lowest BCUT2D eigenvalue weighted by Gasteiger charge is -2.19. The van der Waals surface area contributed by atoms with E-state index in [-0.39, 0.29) is 11.3 Å². The van der Waals surface area contributed by atoms with Gasteiger partial charge in [0.15, 0.2) is 5.75 Å². The van der Waals surface area contributed by atoms with Crippen LogP contribution in [0, 0.1) is 6.92 Å². The summed E-state index contributed by atoms with van der Waals surface area (Å²) in [5.74, 6) is 3.18. The Hall–Kier alpha value is -4.00. The summed E-state index contributed by atoms with van der Waals surface area (Å²) in [6, 6.07) is 13.5. The summed E-state index contributed by atoms with van der Waals surface area (Å²) < 4.78 is 69.1. The second kappa shape index (κ2) is 21.7. The molecule has 0 amide bonds. The first-order valence-corrected chi connectivity index (χ1v) is 21.2. The molecule has 0 atom stereocenters. The maximum atomic E-state index is 13.8. The zero-order valence-electron chi connectivity index (χ0n) is 35.1. The number of aromatic nitrogens is 2. The van der Waals surface area contributed by atoms with Crippen LogP contribution in [0.3, 0.4) is 0 Å². The molecular weight excluding hydrogens is 732 g/mol. The molecule has 314 valence electrons. The maximum absolute atomic E-state index is 13.8. The zero-order valence-corrected chi connectivity index (χ0v) is 35.1. The molecule has 0 saturated carbocycles. The predicted molar refractivity (Wildman–Crippen MR) is 223 cm³/mol. The number of hydrogen-bond acceptors (Lipinski definition) is 8. The van der Waals surface area contributed by atoms with Crippen LogP contribution in [-0.4, -0.2) is 103 Å². The Morgan fingerprint density at radius 3 is 1.95 bits per heavy atom. The van der Waals surface area contributed by atoms with Crippen molar-refractivity contribution in [1.82, 2.24) is 24.3 Å². The molecule has 0 unspecified atom stereocenters. The Labute approximate surface area is 338 Å². The lowest BCUT2D eigenvalue weighted by molar-refractivity contribution is -0.138. The number of likely N-dealkylation sites (tertiary alicyclic amines) is 1. The van der Waals surface area contributed by atoms with Gasteiger partial charge in [0.25, 0.3) is 0 Å². The Morgan fingerprint density at radius 2 is 1.30 bits per heavy atom. The van der Waals surface area contributed by atoms with Crippen molar-refractivity contribution in [1.29, 1.82) is 0 Å². The minimum Gasteiger partial charge on any atom is -0.493 e. The molecule has 4 aromatic rings. The normalized spacial score (nSPS) is 13.7. The molecule has 1 aromatic heterocycles. The molecule has 9 nitrogen and oxygen atoms in total. The summed E-state index contributed by atoms with van der Waals surface area (Å²) in [5, 5.41) is 0. The summed E-state index contributed by atoms with van der Waals surface area (Å²) in [4.78, 5) is 12.4. The van der Waals surface area contributed by atoms with Crippen LogP contribution in [-0.2, 0) is 12.7 Å². The van der Waals surface area contributed by atoms with Crippen LogP contribution < -0.4 is 18.9 Å². The van der Waals surface area contributed by atoms with E-state index < -0.39 is 11.7 Å². The number of hydrogen-bond donors (Lipinski definition) is 0. The third kappa shape index (κ3) is 12.3. The number of alkyl halides is 3. The second-order valence-corrected chi connectivity index (χ2v) is 14.8. The van der Waals surface area contributed by atoms with Gasteiger partial charge in [-0.15, -0.1) is 0 Å². The van der Waals surface area contributed by atoms with E-state index in [1.807, 2.05) is 12.1 Å². The van der Waals surface area contributed by atoms with E-state index in [1.54, 1.807) is 18.2 Å². The first kappa shape index (κ1) is 44.1. The second-order valence-electron chi connectivity index (χ2n) is 14.8. The summed E-state index contributed by atoms with van der Waals surface area (Å²) >= 11 is 0. The molecule has 0 spiro atoms. The average molecular weight is 796 g/mol. The van der Waals surface area contributed by atoms with E-state index in [0.29, 0.717) is 43.6 Å². The van der Waals surface area contributed by atoms with Crippen molar-refractivity contribution in [2.75, 3.05) is 78.7 Å². The summed E-state index contributed by atoms with van der Waals surface area (Å²) in [7, 11) is 0. The molecule has 0 N–H and O–H groups in total. The van der Waals surface area contributed by atoms with Gasteiger partial charge in [-0.2, -0.15) is 13.2 Å². The van der Waals surface area contributed by atoms with Crippen molar-refractivity contribution in [2.24, 2.45) is 0 Å². The zero-order chi connectivity index (χ0) is 40.8. The fourth-order valence-electron chi connectivity index (χ4n) is 7.40. The maximum Gasteiger partial charge on any atom is 0.416 e. The molecule has 2 heterocycles. The fraction of sp³-hybridized carbons (Fsp3) is 0.578. The molecular formula is C45H64F3N5O4. The van der Waals surface area contributed by atoms with Crippen LogP contribution in [0.5, 0.6) is 28.7 Å². The molecule has 1 aliphatic rings. The third-order valence-electron chi connectivity index (χ3n) is 10.9. The van der Waals surface area contributed by atoms with Crippen molar-refractivity contribution in [3.8, 4) is 40.1 Å². The molecule has 0 radical (unpaired) electrons. The summed E-state index contributed by atoms with van der Waals surface area (Å²) in [6.45, 7) is 23.4. The van der Waals surface area contributed by atoms with E-state index in [9.17, 15) is 13.2 Å². The van der Waals surface area contributed by atoms with Crippen LogP contribution in [0.4, 0.5) is 13.2 Å². The molecule has 57 heavy (non-hydrogen) atoms. The van der Waals surface area contributed by atoms with Crippen LogP contribution in [0.1, 0.15) is 84.3 Å². The fourth-order valence-corrected chi connectivity index (χ4v) is 7.40. The van der Waals surface area contributed by atoms with Gasteiger partial charge in [0.05, 0.1) is 29.9 Å². The number of aryl methyl sites for hydroxylation is 2. The standard InChI is InChI=1S/C45H64F3N5O4/c1-7-12-25-53-40-31-37(54-27-15-23-50(8-2)9-3)33-42(55-28-16-24-51(10-4)11-5)43(40)49-44(53)38-20-19-36(32-41(38)56-29-26-52-21-13-14-22-52)57-35-18-17-34(6)39(30-35)45(46,47)48/h17-20,30-33H,7-16,21-29H2,1-6H3. The predicted octanol–water partition coefficient (Wildman–Crippen LogP) is 10.3. The van der Waals surface area contributed by atoms with Gasteiger partial charge < -0.3 is 33.3 Å². The van der Waals surface area contributed by atoms with Gasteiger partial charge in [0, 0.05) is 44.4 Å². The van der Waals surface area contributed by atoms with E-state index in [1.165, 1.54) is 25.8 Å². The van der Waals surface area contributed by atoms with Crippen molar-refractivity contribution in [3.05, 3.63) is 59.7 Å². The number of rotatable bonds is 24. The smallest absolute Gasteiger partial charge is 0.416 e. The number of imidazole rings is 1. The van der Waals surface area contributed by atoms with Crippen LogP contribution in [0.25, 0.3) is 22.4 Å². The van der Waals surface area contributed by atoms with E-state index >= 15 is 0 Å². The largest absolute Gasteiger partial charge is 0.493 e. The number of fused-ring (bicyclic) bond motifs is 1. The van der Waals surface area contributed by atoms with Gasteiger partial charge in [-0.1, -0.05) is 47.1 Å². The van der Waals surface area contributed by atoms with E-state index in [2.05, 4.69) is 60.0 Å². The van der Waals surface area contributed by atoms with Crippen molar-refractivity contribution < 1.29 is 32.1 Å². The van der Waals surface area contributed by atoms with Gasteiger partial charge in [0.1, 0.15) is 40.9 Å². The van der Waals surface area contributed by atoms with Gasteiger partial charge in [0.2, 0.25) is 0 Å². The lowest BCUT2D eigenvalue weighted by Crippen LogP contribution is -2.25. The lowest BCUT2D eigenvalue weighted by atomic mass is 10.1. The van der Waals surface area contributed by atoms with Crippen molar-refractivity contribution in [3.63, 3.8) is 0 Å². The highest BCUT2D eigenvalue weighted by atomic mass is 19.4. The molecule has 12 heteroatoms. The molecule has 0 aliphatic carbocycles. The van der Waals surface area contributed by atoms with Crippen molar-refractivity contribution in [2.45, 2.75) is 92.8 Å². The molecule has 1 aliphatic heterocycles. The minimum absolute atomic E-state index is 0.103. The Bertz CT molecular complexity index is 1830. The van der Waals surface area contributed by atoms with Crippen LogP contribution in [0.15, 0.2) is 48.5 Å². The molecule has 3 aromatic carbocycles. The minimum atomic E-state index is -4.49. The molecule has 1 fully saturated rings. The number of halogens is 3. The highest BCUT2D eigenvalue weighted by Gasteiger charge is 2.33. The van der Waals surface area contributed by atoms with Gasteiger partial charge in [-0.05, 0) is 108 Å². The quantitative estimate of drug-likeness (QED) is 0.0650. The van der Waals surface area contributed by atoms with Gasteiger partial charge >= 0.3 is 6.18 Å². The first-order chi connectivity index (χ1) is 27.6. The first-order valence-electron chi connectivity index (χ1n) is 21.2. The highest BCUT2D eigenvalue weighted by molar-refractivity contribution is 5.88. The van der Waals surface area contributed by atoms with Crippen molar-refractivity contribution >= 4 is 11.0 Å². The molecule has 5 rings (SSSR count). The Kier molecular flexibility index (Phi) is 16.8. The number of unbranched alkanes of at least 4 members (excludes halogenated alkanes) is 1. The number of nitrogens with zero attached hydrogens (tertiary/aromatic N) is 5. The molecule has 0 bridgehead atoms. The molecule has 1 saturated heterocycles. The monoisotopic (exact) mass is 795 g/mol. The summed E-state index contributed by atoms with van der Waals surface area (Å²) in [6.07, 6.45) is 1.56. The average Bonchev–Trinajstić information content (AvgIpc) is 3.86. The topological polar surface area (TPSA) is 64.5 Å². The number of benzene rings is 3. The van der Waals surface area contributed by atoms with E-state index in [0.717, 1.165) is 119 Å². The SMILES string of the molecule is CCCCn1c(-c2ccc(Oc3ccc(C)c(C(F)(F)F)c3)cc2OCCN2CCCC2)nc2c(OCCCN(CC)CC)cc(OCCCN(CC)CC)cc21. The third-order valence-corrected chi connectivity index (χ3v) is 10.9. The highest BCUT2D eigenvalue weighted by Crippen LogP contribution is 2.41. The Morgan fingerprint density at radius 1 is 0.684 bits per heavy atom. The van der Waals surface area contributed by atoms with Gasteiger partial charge in [-0.25, -0.2) is 4.98 Å². The van der Waals surface area contributed by atoms with E-state index in [4.69, 9.17) is 23.9 Å². The summed E-state index contributed by atoms with van der Waals surface area (Å²) in [5.41, 5.74) is 1.86. The number of ether oxygens (including phenoxy) is 4. The van der Waals surface area contributed by atoms with Crippen LogP contribution >= 0.6 is 0 Å². The van der Waals surface area contributed by atoms with Gasteiger partial charge in [-0.3, -0.25) is 4.90 Å². The Balaban J connectivity index is 1.54.